The van der Waals surface area contributed by atoms with Gasteiger partial charge < -0.3 is 34.3 Å². The molecule has 1 unspecified atom stereocenters. The number of benzene rings is 5. The van der Waals surface area contributed by atoms with Crippen LogP contribution in [0.2, 0.25) is 0 Å². The fraction of sp³-hybridized carbons (Fsp3) is 0.442. The van der Waals surface area contributed by atoms with Gasteiger partial charge in [0.05, 0.1) is 39.8 Å². The molecule has 8 atom stereocenters. The van der Waals surface area contributed by atoms with Crippen molar-refractivity contribution in [3.63, 3.8) is 0 Å². The van der Waals surface area contributed by atoms with E-state index in [4.69, 9.17) is 9.47 Å². The van der Waals surface area contributed by atoms with Crippen molar-refractivity contribution >= 4 is 51.7 Å². The zero-order chi connectivity index (χ0) is 66.7. The van der Waals surface area contributed by atoms with Gasteiger partial charge in [-0.15, -0.1) is 0 Å². The molecule has 0 saturated carbocycles. The van der Waals surface area contributed by atoms with Gasteiger partial charge in [0.25, 0.3) is 0 Å². The van der Waals surface area contributed by atoms with E-state index in [0.717, 1.165) is 89.5 Å². The Morgan fingerprint density at radius 3 is 2.04 bits per heavy atom. The van der Waals surface area contributed by atoms with E-state index < -0.39 is 17.5 Å². The van der Waals surface area contributed by atoms with Gasteiger partial charge in [0.15, 0.2) is 11.4 Å². The minimum absolute atomic E-state index is 0.0190. The lowest BCUT2D eigenvalue weighted by molar-refractivity contribution is -0.446. The number of hydrogen-bond donors (Lipinski definition) is 1. The highest BCUT2D eigenvalue weighted by Crippen LogP contribution is 2.63. The van der Waals surface area contributed by atoms with E-state index in [9.17, 15) is 19.8 Å². The van der Waals surface area contributed by atoms with E-state index >= 15 is 0 Å². The highest BCUT2D eigenvalue weighted by molar-refractivity contribution is 6.10. The molecule has 3 aliphatic carbocycles. The molecule has 0 spiro atoms. The number of anilines is 2. The molecule has 0 amide bonds. The molecule has 5 aromatic carbocycles. The lowest BCUT2D eigenvalue weighted by atomic mass is 9.58. The van der Waals surface area contributed by atoms with Gasteiger partial charge in [-0.2, -0.15) is 9.15 Å². The van der Waals surface area contributed by atoms with Gasteiger partial charge in [-0.3, -0.25) is 0 Å². The van der Waals surface area contributed by atoms with Crippen molar-refractivity contribution in [2.75, 3.05) is 36.0 Å². The zero-order valence-electron chi connectivity index (χ0n) is 58.4. The summed E-state index contributed by atoms with van der Waals surface area (Å²) in [4.78, 5) is 28.3. The summed E-state index contributed by atoms with van der Waals surface area (Å²) in [5, 5.41) is 21.1. The first kappa shape index (κ1) is 61.7. The first-order valence-electron chi connectivity index (χ1n) is 36.0. The van der Waals surface area contributed by atoms with Crippen LogP contribution in [0, 0.1) is 31.1 Å². The maximum Gasteiger partial charge on any atom is 0.335 e. The van der Waals surface area contributed by atoms with Gasteiger partial charge in [0.1, 0.15) is 13.1 Å². The van der Waals surface area contributed by atoms with Crippen LogP contribution in [-0.4, -0.2) is 87.2 Å². The van der Waals surface area contributed by atoms with Crippen molar-refractivity contribution in [2.24, 2.45) is 17.3 Å². The number of rotatable bonds is 7. The van der Waals surface area contributed by atoms with E-state index in [2.05, 4.69) is 211 Å². The van der Waals surface area contributed by atoms with Crippen LogP contribution in [0.3, 0.4) is 0 Å². The molecule has 96 heavy (non-hydrogen) atoms. The molecule has 0 aromatic heterocycles. The van der Waals surface area contributed by atoms with Crippen molar-refractivity contribution in [1.29, 1.82) is 0 Å². The number of para-hydroxylation sites is 2. The van der Waals surface area contributed by atoms with E-state index in [-0.39, 0.29) is 51.3 Å². The third-order valence-corrected chi connectivity index (χ3v) is 25.9. The summed E-state index contributed by atoms with van der Waals surface area (Å²) in [6.45, 7) is 32.3. The maximum atomic E-state index is 11.9. The van der Waals surface area contributed by atoms with Gasteiger partial charge >= 0.3 is 5.97 Å². The van der Waals surface area contributed by atoms with Crippen molar-refractivity contribution in [2.45, 2.75) is 199 Å². The lowest BCUT2D eigenvalue weighted by Crippen LogP contribution is -2.56. The Kier molecular flexibility index (Phi) is 13.5. The Bertz CT molecular complexity index is 4630. The van der Waals surface area contributed by atoms with Crippen LogP contribution in [0.5, 0.6) is 0 Å². The number of hydrogen-bond acceptors (Lipinski definition) is 7. The van der Waals surface area contributed by atoms with E-state index in [0.29, 0.717) is 23.8 Å². The predicted molar refractivity (Wildman–Crippen MR) is 380 cm³/mol. The van der Waals surface area contributed by atoms with Crippen molar-refractivity contribution in [3.05, 3.63) is 228 Å². The molecule has 5 aromatic rings. The second-order valence-electron chi connectivity index (χ2n) is 33.2. The molecule has 492 valence electrons. The molecule has 1 N–H and O–H groups in total. The van der Waals surface area contributed by atoms with Crippen LogP contribution in [-0.2, 0) is 35.9 Å². The second kappa shape index (κ2) is 21.0. The Morgan fingerprint density at radius 1 is 0.604 bits per heavy atom. The Balaban J connectivity index is 0.000000145. The molecule has 10 heterocycles. The molecule has 18 rings (SSSR count). The molecule has 10 heteroatoms. The summed E-state index contributed by atoms with van der Waals surface area (Å²) >= 11 is 0. The first-order valence-corrected chi connectivity index (χ1v) is 36.0. The summed E-state index contributed by atoms with van der Waals surface area (Å²) < 4.78 is 19.9. The molecule has 10 nitrogen and oxygen atoms in total. The number of fused-ring (bicyclic) bond motifs is 19. The average Bonchev–Trinajstić information content (AvgIpc) is 1.38. The molecule has 0 radical (unpaired) electrons. The molecule has 0 saturated heterocycles. The summed E-state index contributed by atoms with van der Waals surface area (Å²) in [6.07, 6.45) is 19.8. The van der Waals surface area contributed by atoms with E-state index in [1.807, 2.05) is 12.1 Å². The van der Waals surface area contributed by atoms with Crippen molar-refractivity contribution < 1.29 is 38.4 Å². The van der Waals surface area contributed by atoms with E-state index in [1.165, 1.54) is 124 Å². The van der Waals surface area contributed by atoms with Gasteiger partial charge in [0.2, 0.25) is 11.4 Å². The monoisotopic (exact) mass is 1280 g/mol. The highest BCUT2D eigenvalue weighted by atomic mass is 16.5. The fourth-order valence-electron chi connectivity index (χ4n) is 21.3. The number of carbonyl (C=O) groups is 2. The quantitative estimate of drug-likeness (QED) is 0.127. The summed E-state index contributed by atoms with van der Waals surface area (Å²) in [5.41, 5.74) is 30.1. The molecular weight excluding hydrogens is 1180 g/mol. The standard InChI is InChI=1S/C44H42N2O3.C42H50N2O3/c1-43(2)33-9-5-7-11-35(33)45-19-17-27-21-37-31(23-29(27)40(43)45)39(25-13-15-26(16-14-25)42(47)48)32-24-30-28(22-38(32)49-37)18-20-46-36-12-8-6-10-34(36)44(3,4)41(30)46;1-26-12-14-33-29(21-26)38(3,4)36-31-23-28-24-32-37-40(6,16-10-9-11-35(45)46)30-22-27(2)13-15-34(30)44(37)20-18-41(32,7)47-42(28,8)25-39(31,5)17-19-43(33)36/h5-16,23-24,27-28,37-38H,17-22H2,1-4H3;12-15,21-24H,9-11,16-20,25H2,1-8H3/p+1/t27-,28+,37+,38-;39-,40?,41-,42+/m.0/s1. The lowest BCUT2D eigenvalue weighted by Gasteiger charge is -2.55. The summed E-state index contributed by atoms with van der Waals surface area (Å²) in [5.74, 6) is -0.945. The van der Waals surface area contributed by atoms with Gasteiger partial charge in [-0.1, -0.05) is 111 Å². The Hall–Kier alpha value is -7.92. The molecule has 10 aliphatic heterocycles. The zero-order valence-corrected chi connectivity index (χ0v) is 58.4. The number of carbonyl (C=O) groups excluding carboxylic acids is 1. The average molecular weight is 1280 g/mol. The second-order valence-corrected chi connectivity index (χ2v) is 33.2. The number of carboxylic acid groups (broad SMARTS) is 2. The molecule has 0 bridgehead atoms. The largest absolute Gasteiger partial charge is 0.550 e. The van der Waals surface area contributed by atoms with Crippen LogP contribution in [0.25, 0.3) is 5.57 Å². The van der Waals surface area contributed by atoms with Gasteiger partial charge in [0, 0.05) is 111 Å². The first-order chi connectivity index (χ1) is 45.7. The van der Waals surface area contributed by atoms with Crippen molar-refractivity contribution in [3.8, 4) is 0 Å². The number of unbranched alkanes of at least 4 members (excludes halogenated alkanes) is 1. The van der Waals surface area contributed by atoms with Crippen LogP contribution in [0.1, 0.15) is 189 Å². The molecule has 0 fully saturated rings. The van der Waals surface area contributed by atoms with Crippen LogP contribution < -0.4 is 14.9 Å². The highest BCUT2D eigenvalue weighted by Gasteiger charge is 2.62. The third-order valence-electron chi connectivity index (χ3n) is 25.9. The molecular formula is C86H93N4O6+. The Labute approximate surface area is 567 Å². The fourth-order valence-corrected chi connectivity index (χ4v) is 21.3. The van der Waals surface area contributed by atoms with Crippen LogP contribution in [0.4, 0.5) is 22.7 Å². The number of carboxylic acids is 2. The number of ether oxygens (including phenoxy) is 2. The summed E-state index contributed by atoms with van der Waals surface area (Å²) in [6, 6.07) is 39.3. The SMILES string of the molecule is CC1(C)C2=C3C=C4C(c5ccc(C(=O)O)cc5)=C5C=C6C7=[N+](CC[C@H]6C[C@H]5O[C@H]4C[C@H]3CCN2c2ccccc21)c1ccccc1C7(C)C.Cc1ccc2c(c1)C(C)(C)C1=[N+]2CC[C@@]2(C)C[C@@]3(C)O[C@@]4(C)CCN5C(=C4C=C3C=C12)C(C)(CCCCC(=O)[O-])c1cc(C)ccc15. The van der Waals surface area contributed by atoms with Gasteiger partial charge in [-0.05, 0) is 219 Å². The molecule has 13 aliphatic rings. The maximum absolute atomic E-state index is 11.9. The van der Waals surface area contributed by atoms with E-state index in [1.54, 1.807) is 12.1 Å². The summed E-state index contributed by atoms with van der Waals surface area (Å²) in [7, 11) is 0. The number of aromatic carboxylic acids is 1. The van der Waals surface area contributed by atoms with Crippen molar-refractivity contribution in [1.82, 2.24) is 0 Å². The smallest absolute Gasteiger partial charge is 0.335 e. The van der Waals surface area contributed by atoms with Gasteiger partial charge in [-0.25, -0.2) is 4.79 Å². The normalized spacial score (nSPS) is 30.5. The number of aryl methyl sites for hydroxylation is 2. The number of nitrogens with zero attached hydrogens (tertiary/aromatic N) is 4. The Morgan fingerprint density at radius 2 is 1.27 bits per heavy atom. The minimum atomic E-state index is -0.962. The minimum Gasteiger partial charge on any atom is -0.550 e. The predicted octanol–water partition coefficient (Wildman–Crippen LogP) is 16.4. The third kappa shape index (κ3) is 8.80. The number of allylic oxidation sites excluding steroid dienone is 6. The topological polar surface area (TPSA) is 108 Å². The number of aliphatic carboxylic acids is 1. The van der Waals surface area contributed by atoms with Crippen LogP contribution >= 0.6 is 0 Å². The van der Waals surface area contributed by atoms with Crippen LogP contribution in [0.15, 0.2) is 184 Å².